The largest absolute Gasteiger partial charge is 0.351 e. The van der Waals surface area contributed by atoms with Gasteiger partial charge in [0.15, 0.2) is 0 Å². The van der Waals surface area contributed by atoms with Crippen molar-refractivity contribution in [1.82, 2.24) is 10.2 Å². The maximum Gasteiger partial charge on any atom is 0.239 e. The van der Waals surface area contributed by atoms with E-state index >= 15 is 0 Å². The lowest BCUT2D eigenvalue weighted by molar-refractivity contribution is -0.121. The zero-order valence-electron chi connectivity index (χ0n) is 17.9. The Kier molecular flexibility index (Phi) is 5.57. The van der Waals surface area contributed by atoms with E-state index in [-0.39, 0.29) is 11.9 Å². The maximum atomic E-state index is 13.2. The van der Waals surface area contributed by atoms with Crippen molar-refractivity contribution in [2.45, 2.75) is 18.1 Å². The van der Waals surface area contributed by atoms with Crippen molar-refractivity contribution in [2.24, 2.45) is 0 Å². The summed E-state index contributed by atoms with van der Waals surface area (Å²) in [4.78, 5) is 15.5. The van der Waals surface area contributed by atoms with Crippen molar-refractivity contribution >= 4 is 5.91 Å². The second kappa shape index (κ2) is 8.81. The quantitative estimate of drug-likeness (QED) is 0.339. The molecule has 4 aromatic carbocycles. The lowest BCUT2D eigenvalue weighted by Crippen LogP contribution is -2.41. The monoisotopic (exact) mass is 418 g/mol. The van der Waals surface area contributed by atoms with Crippen LogP contribution in [0.1, 0.15) is 22.3 Å². The Bertz CT molecular complexity index is 1060. The highest BCUT2D eigenvalue weighted by molar-refractivity contribution is 5.85. The molecule has 32 heavy (non-hydrogen) atoms. The van der Waals surface area contributed by atoms with Gasteiger partial charge in [0.05, 0.1) is 5.54 Å². The number of nitrogens with zero attached hydrogens (tertiary/aromatic N) is 1. The minimum atomic E-state index is -0.529. The minimum absolute atomic E-state index is 0.0704. The number of hydrogen-bond donors (Lipinski definition) is 1. The fraction of sp³-hybridized carbons (Fsp3) is 0.138. The minimum Gasteiger partial charge on any atom is -0.351 e. The number of hydrogen-bond acceptors (Lipinski definition) is 2. The number of nitrogens with one attached hydrogen (secondary N) is 1. The lowest BCUT2D eigenvalue weighted by atomic mass is 9.76. The predicted molar refractivity (Wildman–Crippen MR) is 128 cm³/mol. The van der Waals surface area contributed by atoms with E-state index in [1.165, 1.54) is 0 Å². The number of carbonyl (C=O) groups is 1. The van der Waals surface area contributed by atoms with Crippen molar-refractivity contribution in [1.29, 1.82) is 0 Å². The first-order chi connectivity index (χ1) is 15.8. The first kappa shape index (κ1) is 20.2. The van der Waals surface area contributed by atoms with Crippen molar-refractivity contribution in [2.75, 3.05) is 6.54 Å². The fourth-order valence-corrected chi connectivity index (χ4v) is 4.67. The molecule has 0 aromatic heterocycles. The molecule has 158 valence electrons. The van der Waals surface area contributed by atoms with Gasteiger partial charge in [-0.15, -0.1) is 0 Å². The van der Waals surface area contributed by atoms with Crippen LogP contribution < -0.4 is 5.32 Å². The molecule has 1 saturated heterocycles. The Morgan fingerprint density at radius 2 is 1.09 bits per heavy atom. The van der Waals surface area contributed by atoms with Crippen molar-refractivity contribution in [3.63, 3.8) is 0 Å². The topological polar surface area (TPSA) is 32.1 Å². The van der Waals surface area contributed by atoms with E-state index in [4.69, 9.17) is 0 Å². The van der Waals surface area contributed by atoms with Gasteiger partial charge in [-0.25, -0.2) is 0 Å². The third-order valence-corrected chi connectivity index (χ3v) is 6.23. The molecule has 5 rings (SSSR count). The SMILES string of the molecule is O=C(NCc1ccccc1)C1CN1C(c1ccccc1)(c1ccccc1)c1ccccc1. The molecule has 0 spiro atoms. The summed E-state index contributed by atoms with van der Waals surface area (Å²) >= 11 is 0. The van der Waals surface area contributed by atoms with Gasteiger partial charge in [0.1, 0.15) is 6.04 Å². The summed E-state index contributed by atoms with van der Waals surface area (Å²) in [5, 5.41) is 3.14. The van der Waals surface area contributed by atoms with Crippen molar-refractivity contribution in [3.8, 4) is 0 Å². The smallest absolute Gasteiger partial charge is 0.239 e. The van der Waals surface area contributed by atoms with Gasteiger partial charge in [-0.05, 0) is 22.3 Å². The summed E-state index contributed by atoms with van der Waals surface area (Å²) in [7, 11) is 0. The van der Waals surface area contributed by atoms with Gasteiger partial charge in [-0.3, -0.25) is 9.69 Å². The van der Waals surface area contributed by atoms with Gasteiger partial charge in [-0.2, -0.15) is 0 Å². The zero-order valence-corrected chi connectivity index (χ0v) is 17.9. The summed E-state index contributed by atoms with van der Waals surface area (Å²) in [5.41, 5.74) is 4.06. The van der Waals surface area contributed by atoms with Gasteiger partial charge < -0.3 is 5.32 Å². The van der Waals surface area contributed by atoms with Crippen LogP contribution in [0.15, 0.2) is 121 Å². The molecular weight excluding hydrogens is 392 g/mol. The molecular formula is C29H26N2O. The Morgan fingerprint density at radius 1 is 0.688 bits per heavy atom. The molecule has 4 aromatic rings. The van der Waals surface area contributed by atoms with Crippen LogP contribution in [0.4, 0.5) is 0 Å². The van der Waals surface area contributed by atoms with Gasteiger partial charge in [0.2, 0.25) is 5.91 Å². The molecule has 3 heteroatoms. The molecule has 2 unspecified atom stereocenters. The Balaban J connectivity index is 1.53. The van der Waals surface area contributed by atoms with E-state index < -0.39 is 5.54 Å². The molecule has 1 aliphatic rings. The normalized spacial score (nSPS) is 17.5. The molecule has 1 fully saturated rings. The molecule has 0 bridgehead atoms. The van der Waals surface area contributed by atoms with Crippen LogP contribution in [0.25, 0.3) is 0 Å². The first-order valence-corrected chi connectivity index (χ1v) is 11.0. The highest BCUT2D eigenvalue weighted by Gasteiger charge is 2.55. The molecule has 1 aliphatic heterocycles. The second-order valence-electron chi connectivity index (χ2n) is 8.18. The number of amides is 1. The molecule has 0 radical (unpaired) electrons. The van der Waals surface area contributed by atoms with Crippen LogP contribution in [0.5, 0.6) is 0 Å². The molecule has 3 nitrogen and oxygen atoms in total. The van der Waals surface area contributed by atoms with E-state index in [0.717, 1.165) is 22.3 Å². The van der Waals surface area contributed by atoms with Gasteiger partial charge in [0.25, 0.3) is 0 Å². The predicted octanol–water partition coefficient (Wildman–Crippen LogP) is 4.98. The average molecular weight is 419 g/mol. The van der Waals surface area contributed by atoms with Crippen LogP contribution in [0, 0.1) is 0 Å². The molecule has 1 N–H and O–H groups in total. The Labute approximate surface area is 189 Å². The number of carbonyl (C=O) groups excluding carboxylic acids is 1. The first-order valence-electron chi connectivity index (χ1n) is 11.0. The van der Waals surface area contributed by atoms with Crippen LogP contribution in [0.2, 0.25) is 0 Å². The highest BCUT2D eigenvalue weighted by atomic mass is 16.2. The third-order valence-electron chi connectivity index (χ3n) is 6.23. The Hall–Kier alpha value is -3.69. The molecule has 1 heterocycles. The standard InChI is InChI=1S/C29H26N2O/c32-28(30-21-23-13-5-1-6-14-23)27-22-31(27)29(24-15-7-2-8-16-24,25-17-9-3-10-18-25)26-19-11-4-12-20-26/h1-20,27H,21-22H2,(H,30,32). The molecule has 0 saturated carbocycles. The summed E-state index contributed by atoms with van der Waals surface area (Å²) in [6.45, 7) is 1.25. The van der Waals surface area contributed by atoms with Crippen LogP contribution in [-0.2, 0) is 16.9 Å². The van der Waals surface area contributed by atoms with Gasteiger partial charge >= 0.3 is 0 Å². The van der Waals surface area contributed by atoms with Gasteiger partial charge in [-0.1, -0.05) is 121 Å². The highest BCUT2D eigenvalue weighted by Crippen LogP contribution is 2.48. The van der Waals surface area contributed by atoms with E-state index in [1.54, 1.807) is 0 Å². The summed E-state index contributed by atoms with van der Waals surface area (Å²) in [6, 6.07) is 41.4. The van der Waals surface area contributed by atoms with E-state index in [1.807, 2.05) is 48.5 Å². The van der Waals surface area contributed by atoms with Crippen LogP contribution >= 0.6 is 0 Å². The lowest BCUT2D eigenvalue weighted by Gasteiger charge is -2.38. The van der Waals surface area contributed by atoms with E-state index in [2.05, 4.69) is 83.0 Å². The molecule has 2 atom stereocenters. The van der Waals surface area contributed by atoms with Crippen LogP contribution in [-0.4, -0.2) is 23.4 Å². The van der Waals surface area contributed by atoms with E-state index in [0.29, 0.717) is 13.1 Å². The second-order valence-corrected chi connectivity index (χ2v) is 8.18. The van der Waals surface area contributed by atoms with Gasteiger partial charge in [0, 0.05) is 13.1 Å². The fourth-order valence-electron chi connectivity index (χ4n) is 4.67. The Morgan fingerprint density at radius 3 is 1.53 bits per heavy atom. The van der Waals surface area contributed by atoms with E-state index in [9.17, 15) is 4.79 Å². The third kappa shape index (κ3) is 3.72. The summed E-state index contributed by atoms with van der Waals surface area (Å²) in [6.07, 6.45) is 0. The zero-order chi connectivity index (χ0) is 21.8. The summed E-state index contributed by atoms with van der Waals surface area (Å²) in [5.74, 6) is 0.0704. The maximum absolute atomic E-state index is 13.2. The molecule has 0 aliphatic carbocycles. The number of rotatable bonds is 7. The average Bonchev–Trinajstić information content (AvgIpc) is 3.67. The van der Waals surface area contributed by atoms with Crippen molar-refractivity contribution in [3.05, 3.63) is 144 Å². The number of benzene rings is 4. The molecule has 1 amide bonds. The van der Waals surface area contributed by atoms with Crippen LogP contribution in [0.3, 0.4) is 0 Å². The summed E-state index contributed by atoms with van der Waals surface area (Å²) < 4.78 is 0. The van der Waals surface area contributed by atoms with Crippen molar-refractivity contribution < 1.29 is 4.79 Å².